The number of hydrogen-bond donors (Lipinski definition) is 1. The molecule has 5 nitrogen and oxygen atoms in total. The number of pyridine rings is 1. The predicted molar refractivity (Wildman–Crippen MR) is 64.9 cm³/mol. The fraction of sp³-hybridized carbons (Fsp3) is 0.417. The molecule has 0 aliphatic carbocycles. The molecule has 0 radical (unpaired) electrons. The number of rotatable bonds is 5. The molecule has 1 unspecified atom stereocenters. The molecular formula is C12H15N5. The van der Waals surface area contributed by atoms with Gasteiger partial charge in [0.15, 0.2) is 0 Å². The molecule has 1 aromatic heterocycles. The highest BCUT2D eigenvalue weighted by Crippen LogP contribution is 2.16. The summed E-state index contributed by atoms with van der Waals surface area (Å²) in [5.41, 5.74) is 7.45. The maximum atomic E-state index is 8.66. The molecule has 0 aromatic carbocycles. The third-order valence-corrected chi connectivity index (χ3v) is 2.48. The standard InChI is InChI=1S/C12H15N5/c1-2-11(15)12-4-3-10(9-16-12)17(7-5-13)8-6-14/h3-4,9,11H,2,7-8,15H2,1H3. The molecule has 1 heterocycles. The molecule has 0 bridgehead atoms. The first kappa shape index (κ1) is 13.0. The van der Waals surface area contributed by atoms with Crippen molar-refractivity contribution in [2.45, 2.75) is 19.4 Å². The maximum absolute atomic E-state index is 8.66. The highest BCUT2D eigenvalue weighted by molar-refractivity contribution is 5.46. The second-order valence-corrected chi connectivity index (χ2v) is 3.63. The first-order valence-electron chi connectivity index (χ1n) is 5.43. The number of nitrogens with zero attached hydrogens (tertiary/aromatic N) is 4. The van der Waals surface area contributed by atoms with Gasteiger partial charge in [-0.05, 0) is 18.6 Å². The number of anilines is 1. The van der Waals surface area contributed by atoms with E-state index in [9.17, 15) is 0 Å². The van der Waals surface area contributed by atoms with E-state index in [1.165, 1.54) is 0 Å². The third kappa shape index (κ3) is 3.44. The Balaban J connectivity index is 2.85. The summed E-state index contributed by atoms with van der Waals surface area (Å²) in [4.78, 5) is 5.91. The Morgan fingerprint density at radius 2 is 2.00 bits per heavy atom. The molecule has 0 fully saturated rings. The summed E-state index contributed by atoms with van der Waals surface area (Å²) in [5, 5.41) is 17.3. The Kier molecular flexibility index (Phi) is 4.93. The number of nitrogens with two attached hydrogens (primary N) is 1. The minimum atomic E-state index is -0.0653. The van der Waals surface area contributed by atoms with Crippen molar-refractivity contribution in [3.05, 3.63) is 24.0 Å². The highest BCUT2D eigenvalue weighted by atomic mass is 15.1. The van der Waals surface area contributed by atoms with Gasteiger partial charge < -0.3 is 10.6 Å². The highest BCUT2D eigenvalue weighted by Gasteiger charge is 2.08. The van der Waals surface area contributed by atoms with Gasteiger partial charge in [0.25, 0.3) is 0 Å². The van der Waals surface area contributed by atoms with Crippen molar-refractivity contribution < 1.29 is 0 Å². The van der Waals surface area contributed by atoms with E-state index in [1.54, 1.807) is 11.1 Å². The molecule has 1 atom stereocenters. The number of hydrogen-bond acceptors (Lipinski definition) is 5. The third-order valence-electron chi connectivity index (χ3n) is 2.48. The zero-order chi connectivity index (χ0) is 12.7. The van der Waals surface area contributed by atoms with Gasteiger partial charge in [-0.25, -0.2) is 0 Å². The fourth-order valence-electron chi connectivity index (χ4n) is 1.42. The lowest BCUT2D eigenvalue weighted by atomic mass is 10.1. The van der Waals surface area contributed by atoms with Gasteiger partial charge in [0.1, 0.15) is 13.1 Å². The monoisotopic (exact) mass is 229 g/mol. The van der Waals surface area contributed by atoms with Crippen LogP contribution in [0.3, 0.4) is 0 Å². The molecule has 0 saturated carbocycles. The van der Waals surface area contributed by atoms with Crippen molar-refractivity contribution in [3.63, 3.8) is 0 Å². The average molecular weight is 229 g/mol. The van der Waals surface area contributed by atoms with Crippen molar-refractivity contribution in [3.8, 4) is 12.1 Å². The van der Waals surface area contributed by atoms with Crippen molar-refractivity contribution in [2.24, 2.45) is 5.73 Å². The van der Waals surface area contributed by atoms with Gasteiger partial charge in [-0.3, -0.25) is 4.98 Å². The summed E-state index contributed by atoms with van der Waals surface area (Å²) in [7, 11) is 0. The Morgan fingerprint density at radius 3 is 2.41 bits per heavy atom. The van der Waals surface area contributed by atoms with Crippen LogP contribution in [0.5, 0.6) is 0 Å². The van der Waals surface area contributed by atoms with Crippen molar-refractivity contribution >= 4 is 5.69 Å². The molecular weight excluding hydrogens is 214 g/mol. The van der Waals surface area contributed by atoms with Crippen molar-refractivity contribution in [1.29, 1.82) is 10.5 Å². The zero-order valence-electron chi connectivity index (χ0n) is 9.80. The Hall–Kier alpha value is -2.11. The lowest BCUT2D eigenvalue weighted by Gasteiger charge is -2.18. The van der Waals surface area contributed by atoms with Gasteiger partial charge in [0, 0.05) is 6.04 Å². The van der Waals surface area contributed by atoms with Crippen LogP contribution < -0.4 is 10.6 Å². The van der Waals surface area contributed by atoms with E-state index in [0.29, 0.717) is 0 Å². The van der Waals surface area contributed by atoms with E-state index in [2.05, 4.69) is 4.98 Å². The van der Waals surface area contributed by atoms with Gasteiger partial charge >= 0.3 is 0 Å². The number of aromatic nitrogens is 1. The zero-order valence-corrected chi connectivity index (χ0v) is 9.80. The van der Waals surface area contributed by atoms with E-state index in [4.69, 9.17) is 16.3 Å². The Morgan fingerprint density at radius 1 is 1.35 bits per heavy atom. The molecule has 2 N–H and O–H groups in total. The first-order chi connectivity index (χ1) is 8.22. The van der Waals surface area contributed by atoms with Crippen LogP contribution in [0.4, 0.5) is 5.69 Å². The van der Waals surface area contributed by atoms with E-state index < -0.39 is 0 Å². The van der Waals surface area contributed by atoms with Crippen LogP contribution in [0.25, 0.3) is 0 Å². The van der Waals surface area contributed by atoms with Gasteiger partial charge in [0.05, 0.1) is 29.7 Å². The van der Waals surface area contributed by atoms with Crippen LogP contribution in [-0.4, -0.2) is 18.1 Å². The van der Waals surface area contributed by atoms with Crippen LogP contribution in [-0.2, 0) is 0 Å². The van der Waals surface area contributed by atoms with Crippen LogP contribution in [0.2, 0.25) is 0 Å². The summed E-state index contributed by atoms with van der Waals surface area (Å²) in [6.07, 6.45) is 2.48. The molecule has 0 amide bonds. The maximum Gasteiger partial charge on any atom is 0.107 e. The largest absolute Gasteiger partial charge is 0.344 e. The van der Waals surface area contributed by atoms with Crippen molar-refractivity contribution in [1.82, 2.24) is 4.98 Å². The minimum Gasteiger partial charge on any atom is -0.344 e. The normalized spacial score (nSPS) is 11.3. The van der Waals surface area contributed by atoms with Crippen LogP contribution in [0.15, 0.2) is 18.3 Å². The summed E-state index contributed by atoms with van der Waals surface area (Å²) >= 11 is 0. The molecule has 0 spiro atoms. The number of nitriles is 2. The smallest absolute Gasteiger partial charge is 0.107 e. The summed E-state index contributed by atoms with van der Waals surface area (Å²) in [5.74, 6) is 0. The summed E-state index contributed by atoms with van der Waals surface area (Å²) in [6.45, 7) is 2.35. The minimum absolute atomic E-state index is 0.0653. The molecule has 17 heavy (non-hydrogen) atoms. The predicted octanol–water partition coefficient (Wildman–Crippen LogP) is 1.34. The fourth-order valence-corrected chi connectivity index (χ4v) is 1.42. The van der Waals surface area contributed by atoms with E-state index >= 15 is 0 Å². The topological polar surface area (TPSA) is 89.7 Å². The molecule has 1 rings (SSSR count). The van der Waals surface area contributed by atoms with Crippen molar-refractivity contribution in [2.75, 3.05) is 18.0 Å². The Labute approximate surface area is 101 Å². The second-order valence-electron chi connectivity index (χ2n) is 3.63. The molecule has 0 aliphatic rings. The van der Waals surface area contributed by atoms with Gasteiger partial charge in [-0.2, -0.15) is 10.5 Å². The molecule has 88 valence electrons. The van der Waals surface area contributed by atoms with Gasteiger partial charge in [0.2, 0.25) is 0 Å². The lowest BCUT2D eigenvalue weighted by Crippen LogP contribution is -2.24. The van der Waals surface area contributed by atoms with E-state index in [0.717, 1.165) is 17.8 Å². The molecule has 1 aromatic rings. The van der Waals surface area contributed by atoms with E-state index in [1.807, 2.05) is 31.2 Å². The summed E-state index contributed by atoms with van der Waals surface area (Å²) < 4.78 is 0. The Bertz CT molecular complexity index is 410. The van der Waals surface area contributed by atoms with E-state index in [-0.39, 0.29) is 19.1 Å². The van der Waals surface area contributed by atoms with Gasteiger partial charge in [-0.15, -0.1) is 0 Å². The van der Waals surface area contributed by atoms with Crippen LogP contribution >= 0.6 is 0 Å². The second kappa shape index (κ2) is 6.47. The molecule has 0 aliphatic heterocycles. The van der Waals surface area contributed by atoms with Crippen LogP contribution in [0.1, 0.15) is 25.1 Å². The average Bonchev–Trinajstić information content (AvgIpc) is 2.38. The molecule has 5 heteroatoms. The van der Waals surface area contributed by atoms with Crippen LogP contribution in [0, 0.1) is 22.7 Å². The van der Waals surface area contributed by atoms with Gasteiger partial charge in [-0.1, -0.05) is 6.92 Å². The summed E-state index contributed by atoms with van der Waals surface area (Å²) in [6, 6.07) is 7.66. The SMILES string of the molecule is CCC(N)c1ccc(N(CC#N)CC#N)cn1. The first-order valence-corrected chi connectivity index (χ1v) is 5.43. The molecule has 0 saturated heterocycles. The lowest BCUT2D eigenvalue weighted by molar-refractivity contribution is 0.675. The quantitative estimate of drug-likeness (QED) is 0.769.